The second kappa shape index (κ2) is 8.16. The van der Waals surface area contributed by atoms with Crippen LogP contribution in [0.2, 0.25) is 0 Å². The fraction of sp³-hybridized carbons (Fsp3) is 0.182. The van der Waals surface area contributed by atoms with E-state index in [2.05, 4.69) is 9.97 Å². The van der Waals surface area contributed by atoms with Gasteiger partial charge in [0, 0.05) is 34.6 Å². The molecule has 32 heavy (non-hydrogen) atoms. The largest absolute Gasteiger partial charge is 0.419 e. The highest BCUT2D eigenvalue weighted by Gasteiger charge is 2.34. The topological polar surface area (TPSA) is 71.1 Å². The fourth-order valence-electron chi connectivity index (χ4n) is 3.47. The number of aromatic nitrogens is 3. The van der Waals surface area contributed by atoms with Gasteiger partial charge in [0.05, 0.1) is 16.8 Å². The number of hydrogen-bond donors (Lipinski definition) is 0. The predicted octanol–water partition coefficient (Wildman–Crippen LogP) is 4.94. The van der Waals surface area contributed by atoms with E-state index in [0.29, 0.717) is 33.5 Å². The van der Waals surface area contributed by atoms with E-state index in [1.165, 1.54) is 34.1 Å². The third-order valence-electron chi connectivity index (χ3n) is 4.92. The lowest BCUT2D eigenvalue weighted by molar-refractivity contribution is -0.140. The number of rotatable bonds is 4. The molecule has 0 spiro atoms. The van der Waals surface area contributed by atoms with Crippen molar-refractivity contribution < 1.29 is 17.6 Å². The van der Waals surface area contributed by atoms with Crippen molar-refractivity contribution >= 4 is 16.3 Å². The first-order valence-corrected chi connectivity index (χ1v) is 10.2. The molecule has 4 rings (SSSR count). The minimum Gasteiger partial charge on any atom is -0.269 e. The molecular formula is C22H14F4N4OS. The van der Waals surface area contributed by atoms with E-state index in [0.717, 1.165) is 10.9 Å². The zero-order valence-corrected chi connectivity index (χ0v) is 17.4. The van der Waals surface area contributed by atoms with Crippen molar-refractivity contribution in [1.82, 2.24) is 14.4 Å². The second-order valence-corrected chi connectivity index (χ2v) is 8.24. The SMILES string of the molecule is Cc1sc2nc(CCc3cccc(C(F)(F)F)c3F)cc(=O)n2c1-c1cncc(C#N)c1. The molecule has 0 unspecified atom stereocenters. The van der Waals surface area contributed by atoms with Gasteiger partial charge in [0.25, 0.3) is 5.56 Å². The molecule has 0 aliphatic heterocycles. The molecule has 0 aliphatic carbocycles. The predicted molar refractivity (Wildman–Crippen MR) is 111 cm³/mol. The Morgan fingerprint density at radius 1 is 1.19 bits per heavy atom. The van der Waals surface area contributed by atoms with E-state index in [4.69, 9.17) is 5.26 Å². The van der Waals surface area contributed by atoms with Crippen LogP contribution >= 0.6 is 11.3 Å². The van der Waals surface area contributed by atoms with Crippen LogP contribution in [-0.2, 0) is 19.0 Å². The summed E-state index contributed by atoms with van der Waals surface area (Å²) in [5.41, 5.74) is 0.0780. The van der Waals surface area contributed by atoms with E-state index in [1.807, 2.05) is 13.0 Å². The van der Waals surface area contributed by atoms with E-state index in [-0.39, 0.29) is 24.0 Å². The number of halogens is 4. The number of hydrogen-bond acceptors (Lipinski definition) is 5. The maximum Gasteiger partial charge on any atom is 0.419 e. The third kappa shape index (κ3) is 3.99. The Labute approximate surface area is 183 Å². The van der Waals surface area contributed by atoms with E-state index < -0.39 is 17.6 Å². The minimum absolute atomic E-state index is 0.0380. The first-order valence-electron chi connectivity index (χ1n) is 9.41. The summed E-state index contributed by atoms with van der Waals surface area (Å²) in [7, 11) is 0. The van der Waals surface area contributed by atoms with E-state index in [9.17, 15) is 22.4 Å². The van der Waals surface area contributed by atoms with Gasteiger partial charge < -0.3 is 0 Å². The zero-order valence-electron chi connectivity index (χ0n) is 16.6. The third-order valence-corrected chi connectivity index (χ3v) is 5.87. The van der Waals surface area contributed by atoms with Crippen molar-refractivity contribution in [3.63, 3.8) is 0 Å². The lowest BCUT2D eigenvalue weighted by atomic mass is 10.0. The molecule has 0 aliphatic rings. The summed E-state index contributed by atoms with van der Waals surface area (Å²) in [5.74, 6) is -1.31. The molecule has 162 valence electrons. The molecule has 0 saturated carbocycles. The molecule has 0 bridgehead atoms. The first kappa shape index (κ1) is 21.6. The summed E-state index contributed by atoms with van der Waals surface area (Å²) < 4.78 is 54.5. The van der Waals surface area contributed by atoms with Crippen LogP contribution in [0, 0.1) is 24.1 Å². The lowest BCUT2D eigenvalue weighted by Crippen LogP contribution is -2.16. The van der Waals surface area contributed by atoms with Gasteiger partial charge in [-0.25, -0.2) is 9.37 Å². The Morgan fingerprint density at radius 2 is 1.97 bits per heavy atom. The summed E-state index contributed by atoms with van der Waals surface area (Å²) in [6, 6.07) is 8.06. The molecule has 0 amide bonds. The van der Waals surface area contributed by atoms with Gasteiger partial charge >= 0.3 is 6.18 Å². The number of alkyl halides is 3. The van der Waals surface area contributed by atoms with Crippen molar-refractivity contribution in [2.45, 2.75) is 25.9 Å². The van der Waals surface area contributed by atoms with Crippen LogP contribution in [0.1, 0.15) is 27.3 Å². The normalized spacial score (nSPS) is 11.6. The molecule has 0 saturated heterocycles. The maximum absolute atomic E-state index is 14.3. The first-order chi connectivity index (χ1) is 15.2. The quantitative estimate of drug-likeness (QED) is 0.406. The standard InChI is InChI=1S/C22H14F4N4OS/c1-12-20(15-7-13(9-27)10-28-11-15)30-18(31)8-16(29-21(30)32-12)6-5-14-3-2-4-17(19(14)23)22(24,25)26/h2-4,7-8,10-11H,5-6H2,1H3. The van der Waals surface area contributed by atoms with E-state index in [1.54, 1.807) is 12.3 Å². The number of nitrogens with zero attached hydrogens (tertiary/aromatic N) is 4. The van der Waals surface area contributed by atoms with Crippen LogP contribution in [0.5, 0.6) is 0 Å². The highest BCUT2D eigenvalue weighted by Crippen LogP contribution is 2.33. The molecule has 10 heteroatoms. The highest BCUT2D eigenvalue weighted by molar-refractivity contribution is 7.17. The van der Waals surface area contributed by atoms with Crippen LogP contribution in [0.3, 0.4) is 0 Å². The van der Waals surface area contributed by atoms with Crippen molar-refractivity contribution in [2.75, 3.05) is 0 Å². The summed E-state index contributed by atoms with van der Waals surface area (Å²) in [5, 5.41) is 9.11. The number of nitriles is 1. The number of pyridine rings is 1. The van der Waals surface area contributed by atoms with Gasteiger partial charge in [-0.05, 0) is 37.5 Å². The van der Waals surface area contributed by atoms with Crippen molar-refractivity contribution in [2.24, 2.45) is 0 Å². The molecule has 4 aromatic rings. The second-order valence-electron chi connectivity index (χ2n) is 7.06. The van der Waals surface area contributed by atoms with Gasteiger partial charge in [-0.3, -0.25) is 14.2 Å². The molecule has 0 radical (unpaired) electrons. The van der Waals surface area contributed by atoms with Crippen LogP contribution in [-0.4, -0.2) is 14.4 Å². The number of thiazole rings is 1. The number of benzene rings is 1. The molecule has 0 atom stereocenters. The Kier molecular flexibility index (Phi) is 5.52. The monoisotopic (exact) mass is 458 g/mol. The fourth-order valence-corrected chi connectivity index (χ4v) is 4.48. The molecule has 0 fully saturated rings. The van der Waals surface area contributed by atoms with E-state index >= 15 is 0 Å². The van der Waals surface area contributed by atoms with Crippen LogP contribution in [0.4, 0.5) is 17.6 Å². The Hall–Kier alpha value is -3.58. The summed E-state index contributed by atoms with van der Waals surface area (Å²) in [6.45, 7) is 1.81. The average Bonchev–Trinajstić information content (AvgIpc) is 3.08. The van der Waals surface area contributed by atoms with Gasteiger partial charge in [0.2, 0.25) is 0 Å². The van der Waals surface area contributed by atoms with Crippen LogP contribution in [0.25, 0.3) is 16.2 Å². The summed E-state index contributed by atoms with van der Waals surface area (Å²) in [6.07, 6.45) is -1.75. The zero-order chi connectivity index (χ0) is 23.0. The van der Waals surface area contributed by atoms with Crippen LogP contribution in [0.15, 0.2) is 47.5 Å². The Bertz CT molecular complexity index is 1430. The molecule has 3 aromatic heterocycles. The molecule has 3 heterocycles. The molecule has 5 nitrogen and oxygen atoms in total. The van der Waals surface area contributed by atoms with Gasteiger partial charge in [0.1, 0.15) is 11.9 Å². The van der Waals surface area contributed by atoms with Gasteiger partial charge in [0.15, 0.2) is 4.96 Å². The van der Waals surface area contributed by atoms with Gasteiger partial charge in [-0.2, -0.15) is 18.4 Å². The number of fused-ring (bicyclic) bond motifs is 1. The average molecular weight is 458 g/mol. The Balaban J connectivity index is 1.69. The molecule has 1 aromatic carbocycles. The van der Waals surface area contributed by atoms with Crippen molar-refractivity contribution in [3.05, 3.63) is 86.2 Å². The van der Waals surface area contributed by atoms with Crippen molar-refractivity contribution in [3.8, 4) is 17.3 Å². The van der Waals surface area contributed by atoms with Crippen LogP contribution < -0.4 is 5.56 Å². The van der Waals surface area contributed by atoms with Crippen molar-refractivity contribution in [1.29, 1.82) is 5.26 Å². The van der Waals surface area contributed by atoms with Gasteiger partial charge in [-0.1, -0.05) is 12.1 Å². The summed E-state index contributed by atoms with van der Waals surface area (Å²) >= 11 is 1.26. The molecular weight excluding hydrogens is 444 g/mol. The number of aryl methyl sites for hydroxylation is 3. The lowest BCUT2D eigenvalue weighted by Gasteiger charge is -2.11. The highest BCUT2D eigenvalue weighted by atomic mass is 32.1. The maximum atomic E-state index is 14.3. The minimum atomic E-state index is -4.78. The smallest absolute Gasteiger partial charge is 0.269 e. The molecule has 0 N–H and O–H groups in total. The van der Waals surface area contributed by atoms with Gasteiger partial charge in [-0.15, -0.1) is 11.3 Å². The Morgan fingerprint density at radius 3 is 2.69 bits per heavy atom. The summed E-state index contributed by atoms with van der Waals surface area (Å²) in [4.78, 5) is 22.5.